The summed E-state index contributed by atoms with van der Waals surface area (Å²) in [7, 11) is 3.35. The summed E-state index contributed by atoms with van der Waals surface area (Å²) in [5.74, 6) is -2.80. The number of rotatable bonds is 23. The van der Waals surface area contributed by atoms with Crippen LogP contribution in [-0.4, -0.2) is 152 Å². The molecule has 5 amide bonds. The van der Waals surface area contributed by atoms with Gasteiger partial charge < -0.3 is 46.8 Å². The minimum atomic E-state index is -1.21. The molecule has 3 aromatic heterocycles. The maximum atomic E-state index is 15.9. The fourth-order valence-corrected chi connectivity index (χ4v) is 10.4. The average Bonchev–Trinajstić information content (AvgIpc) is 4.27. The highest BCUT2D eigenvalue weighted by molar-refractivity contribution is 6.33. The van der Waals surface area contributed by atoms with Gasteiger partial charge in [-0.3, -0.25) is 43.0 Å². The zero-order valence-electron chi connectivity index (χ0n) is 45.1. The van der Waals surface area contributed by atoms with Gasteiger partial charge in [0.2, 0.25) is 29.6 Å². The molecular formula is C57H65ClFN15O7. The number of hydrogen-bond donors (Lipinski definition) is 7. The highest BCUT2D eigenvalue weighted by atomic mass is 35.5. The Hall–Kier alpha value is -8.70. The number of aromatic nitrogens is 6. The largest absolute Gasteiger partial charge is 0.480 e. The number of aliphatic carboxylic acids is 1. The summed E-state index contributed by atoms with van der Waals surface area (Å²) < 4.78 is 19.1. The van der Waals surface area contributed by atoms with E-state index in [4.69, 9.17) is 21.8 Å². The van der Waals surface area contributed by atoms with E-state index in [2.05, 4.69) is 68.9 Å². The average molecular weight is 1130 g/mol. The van der Waals surface area contributed by atoms with Crippen LogP contribution < -0.4 is 36.8 Å². The summed E-state index contributed by atoms with van der Waals surface area (Å²) in [4.78, 5) is 90.3. The highest BCUT2D eigenvalue weighted by Gasteiger charge is 2.30. The highest BCUT2D eigenvalue weighted by Crippen LogP contribution is 2.40. The maximum Gasteiger partial charge on any atom is 0.322 e. The Morgan fingerprint density at radius 2 is 1.53 bits per heavy atom. The van der Waals surface area contributed by atoms with Gasteiger partial charge in [0, 0.05) is 106 Å². The Labute approximate surface area is 471 Å². The van der Waals surface area contributed by atoms with Crippen molar-refractivity contribution >= 4 is 97.7 Å². The number of carboxylic acid groups (broad SMARTS) is 1. The zero-order chi connectivity index (χ0) is 57.0. The molecule has 0 saturated carbocycles. The molecule has 5 heterocycles. The summed E-state index contributed by atoms with van der Waals surface area (Å²) in [5.41, 5.74) is 5.84. The number of fused-ring (bicyclic) bond motifs is 2. The van der Waals surface area contributed by atoms with Crippen molar-refractivity contribution in [3.8, 4) is 11.1 Å². The minimum absolute atomic E-state index is 0.0843. The van der Waals surface area contributed by atoms with Crippen molar-refractivity contribution < 1.29 is 38.3 Å². The minimum Gasteiger partial charge on any atom is -0.480 e. The summed E-state index contributed by atoms with van der Waals surface area (Å²) in [6.45, 7) is 4.77. The number of benzene rings is 4. The van der Waals surface area contributed by atoms with Crippen molar-refractivity contribution in [1.82, 2.24) is 60.6 Å². The first-order chi connectivity index (χ1) is 39.2. The molecule has 0 radical (unpaired) electrons. The van der Waals surface area contributed by atoms with Crippen molar-refractivity contribution in [1.29, 1.82) is 0 Å². The van der Waals surface area contributed by atoms with Gasteiger partial charge in [0.05, 0.1) is 46.9 Å². The number of likely N-dealkylation sites (tertiary alicyclic amines) is 1. The number of carbonyl (C=O) groups excluding carboxylic acids is 5. The van der Waals surface area contributed by atoms with Crippen molar-refractivity contribution in [2.24, 2.45) is 7.05 Å². The van der Waals surface area contributed by atoms with Gasteiger partial charge in [0.25, 0.3) is 5.91 Å². The maximum absolute atomic E-state index is 15.9. The molecule has 424 valence electrons. The van der Waals surface area contributed by atoms with Gasteiger partial charge in [0.15, 0.2) is 5.82 Å². The molecule has 24 heteroatoms. The van der Waals surface area contributed by atoms with E-state index >= 15 is 4.39 Å². The fraction of sp³-hybridized carbons (Fsp3) is 0.368. The lowest BCUT2D eigenvalue weighted by molar-refractivity contribution is -0.137. The van der Waals surface area contributed by atoms with E-state index in [0.717, 1.165) is 68.9 Å². The number of nitrogens with zero attached hydrogens (tertiary/aromatic N) is 9. The number of hydrogen-bond acceptors (Lipinski definition) is 14. The number of carboxylic acids is 1. The van der Waals surface area contributed by atoms with Crippen LogP contribution in [0.25, 0.3) is 32.9 Å². The van der Waals surface area contributed by atoms with Crippen LogP contribution >= 0.6 is 11.6 Å². The molecular weight excluding hydrogens is 1060 g/mol. The molecule has 81 heavy (non-hydrogen) atoms. The van der Waals surface area contributed by atoms with Crippen molar-refractivity contribution in [3.63, 3.8) is 0 Å². The van der Waals surface area contributed by atoms with Crippen molar-refractivity contribution in [3.05, 3.63) is 113 Å². The second-order valence-electron chi connectivity index (χ2n) is 20.1. The Morgan fingerprint density at radius 3 is 2.30 bits per heavy atom. The van der Waals surface area contributed by atoms with Crippen LogP contribution in [0.2, 0.25) is 5.02 Å². The van der Waals surface area contributed by atoms with Gasteiger partial charge in [-0.2, -0.15) is 15.2 Å². The molecule has 4 aromatic carbocycles. The molecule has 0 unspecified atom stereocenters. The molecule has 2 aliphatic heterocycles. The smallest absolute Gasteiger partial charge is 0.322 e. The molecule has 2 saturated heterocycles. The molecule has 2 aliphatic rings. The first kappa shape index (κ1) is 57.0. The SMILES string of the molecule is CNC(=O)c1ccccc1Nc1nc(Nc2ccc(N3CCN(CCCCCNC(=O)CCC(=O)N4CCC(c5nn(CC(=O)NCC(=O)NCC(=O)O)c6cccc(-c7cc8c(cnn8C)cc7F)c56)CC4)CC3)cc2)ncc1Cl. The van der Waals surface area contributed by atoms with Gasteiger partial charge in [-0.05, 0) is 92.4 Å². The third-order valence-electron chi connectivity index (χ3n) is 14.6. The van der Waals surface area contributed by atoms with Gasteiger partial charge >= 0.3 is 5.97 Å². The van der Waals surface area contributed by atoms with Crippen LogP contribution in [0.3, 0.4) is 0 Å². The third-order valence-corrected chi connectivity index (χ3v) is 14.9. The normalized spacial score (nSPS) is 14.0. The monoisotopic (exact) mass is 1130 g/mol. The van der Waals surface area contributed by atoms with E-state index in [1.807, 2.05) is 24.3 Å². The lowest BCUT2D eigenvalue weighted by Gasteiger charge is -2.36. The second kappa shape index (κ2) is 26.5. The lowest BCUT2D eigenvalue weighted by Crippen LogP contribution is -2.46. The van der Waals surface area contributed by atoms with E-state index in [9.17, 15) is 28.8 Å². The van der Waals surface area contributed by atoms with E-state index in [-0.39, 0.29) is 43.0 Å². The Bertz CT molecular complexity index is 3430. The molecule has 0 atom stereocenters. The topological polar surface area (TPSA) is 266 Å². The van der Waals surface area contributed by atoms with E-state index in [1.54, 1.807) is 66.3 Å². The Balaban J connectivity index is 0.690. The number of amides is 5. The molecule has 0 aliphatic carbocycles. The first-order valence-electron chi connectivity index (χ1n) is 27.1. The zero-order valence-corrected chi connectivity index (χ0v) is 45.9. The number of piperazine rings is 1. The number of piperidine rings is 1. The molecule has 7 N–H and O–H groups in total. The van der Waals surface area contributed by atoms with Crippen molar-refractivity contribution in [2.75, 3.05) is 88.0 Å². The van der Waals surface area contributed by atoms with Crippen LogP contribution in [0.5, 0.6) is 0 Å². The molecule has 22 nitrogen and oxygen atoms in total. The van der Waals surface area contributed by atoms with Gasteiger partial charge in [-0.25, -0.2) is 9.37 Å². The van der Waals surface area contributed by atoms with E-state index in [0.29, 0.717) is 93.6 Å². The Morgan fingerprint density at radius 1 is 0.765 bits per heavy atom. The van der Waals surface area contributed by atoms with Crippen LogP contribution in [0, 0.1) is 5.82 Å². The number of unbranched alkanes of at least 4 members (excludes halogenated alkanes) is 2. The molecule has 2 fully saturated rings. The Kier molecular flexibility index (Phi) is 18.7. The van der Waals surface area contributed by atoms with Gasteiger partial charge in [-0.15, -0.1) is 0 Å². The molecule has 0 spiro atoms. The predicted octanol–water partition coefficient (Wildman–Crippen LogP) is 5.93. The number of nitrogens with one attached hydrogen (secondary N) is 6. The number of halogens is 2. The summed E-state index contributed by atoms with van der Waals surface area (Å²) >= 11 is 6.42. The number of para-hydroxylation sites is 1. The van der Waals surface area contributed by atoms with Gasteiger partial charge in [-0.1, -0.05) is 42.3 Å². The van der Waals surface area contributed by atoms with Crippen LogP contribution in [0.1, 0.15) is 66.9 Å². The fourth-order valence-electron chi connectivity index (χ4n) is 10.3. The quantitative estimate of drug-likeness (QED) is 0.0366. The standard InChI is InChI=1S/C57H65ClFN15O7/c1-60-56(81)41-9-4-5-11-45(41)67-55-43(58)32-64-57(68-55)66-38-13-15-39(16-14-38)72-27-25-71(26-28-72)22-7-3-6-21-61-48(75)17-18-51(78)73-23-19-36(20-24-73)54-53-40(42-30-47-37(29-44(42)59)31-65-70(47)2)10-8-12-46(53)74(69-54)35-50(77)62-33-49(76)63-34-52(79)80/h4-5,8-16,29-32,36H,3,6-7,17-28,33-35H2,1-2H3,(H,60,81)(H,61,75)(H,62,77)(H,63,76)(H,79,80)(H2,64,66,67,68). The van der Waals surface area contributed by atoms with E-state index in [1.165, 1.54) is 16.9 Å². The summed E-state index contributed by atoms with van der Waals surface area (Å²) in [6.07, 6.45) is 7.18. The summed E-state index contributed by atoms with van der Waals surface area (Å²) in [5, 5.41) is 36.5. The van der Waals surface area contributed by atoms with Crippen LogP contribution in [0.15, 0.2) is 91.3 Å². The number of carbonyl (C=O) groups is 6. The number of anilines is 5. The third kappa shape index (κ3) is 14.4. The first-order valence-corrected chi connectivity index (χ1v) is 27.4. The van der Waals surface area contributed by atoms with Crippen molar-refractivity contribution in [2.45, 2.75) is 57.4 Å². The number of aryl methyl sites for hydroxylation is 1. The van der Waals surface area contributed by atoms with Gasteiger partial charge in [0.1, 0.15) is 23.9 Å². The van der Waals surface area contributed by atoms with Crippen LogP contribution in [-0.2, 0) is 37.6 Å². The molecule has 7 aromatic rings. The molecule has 9 rings (SSSR count). The lowest BCUT2D eigenvalue weighted by atomic mass is 9.88. The summed E-state index contributed by atoms with van der Waals surface area (Å²) in [6, 6.07) is 23.8. The second-order valence-corrected chi connectivity index (χ2v) is 20.5. The molecule has 0 bridgehead atoms. The van der Waals surface area contributed by atoms with Crippen LogP contribution in [0.4, 0.5) is 33.2 Å². The predicted molar refractivity (Wildman–Crippen MR) is 306 cm³/mol. The van der Waals surface area contributed by atoms with E-state index < -0.39 is 36.7 Å².